The molecule has 0 radical (unpaired) electrons. The van der Waals surface area contributed by atoms with Crippen LogP contribution >= 0.6 is 0 Å². The van der Waals surface area contributed by atoms with E-state index in [0.29, 0.717) is 12.6 Å². The van der Waals surface area contributed by atoms with Crippen molar-refractivity contribution in [2.75, 3.05) is 31.2 Å². The summed E-state index contributed by atoms with van der Waals surface area (Å²) in [6.45, 7) is 9.48. The molecule has 3 nitrogen and oxygen atoms in total. The minimum Gasteiger partial charge on any atom is -0.377 e. The number of nitrogens with one attached hydrogen (secondary N) is 1. The molecule has 0 saturated carbocycles. The van der Waals surface area contributed by atoms with Crippen molar-refractivity contribution in [1.82, 2.24) is 5.32 Å². The summed E-state index contributed by atoms with van der Waals surface area (Å²) in [4.78, 5) is 2.31. The lowest BCUT2D eigenvalue weighted by atomic mass is 10.0. The summed E-state index contributed by atoms with van der Waals surface area (Å²) >= 11 is 0. The molecule has 0 amide bonds. The molecule has 4 heteroatoms. The molecule has 1 aliphatic heterocycles. The van der Waals surface area contributed by atoms with E-state index in [1.54, 1.807) is 6.07 Å². The maximum atomic E-state index is 14.4. The molecular formula is C17H27FN2O. The molecule has 2 rings (SSSR count). The second-order valence-electron chi connectivity index (χ2n) is 5.68. The molecule has 1 fully saturated rings. The van der Waals surface area contributed by atoms with Crippen molar-refractivity contribution in [3.8, 4) is 0 Å². The van der Waals surface area contributed by atoms with Crippen molar-refractivity contribution in [2.24, 2.45) is 0 Å². The number of hydrogen-bond donors (Lipinski definition) is 1. The van der Waals surface area contributed by atoms with Gasteiger partial charge in [-0.05, 0) is 38.4 Å². The quantitative estimate of drug-likeness (QED) is 0.869. The lowest BCUT2D eigenvalue weighted by Crippen LogP contribution is -2.46. The van der Waals surface area contributed by atoms with E-state index < -0.39 is 0 Å². The molecule has 2 atom stereocenters. The van der Waals surface area contributed by atoms with Crippen molar-refractivity contribution in [1.29, 1.82) is 0 Å². The normalized spacial score (nSPS) is 20.6. The predicted octanol–water partition coefficient (Wildman–Crippen LogP) is 3.50. The van der Waals surface area contributed by atoms with Crippen molar-refractivity contribution >= 4 is 5.69 Å². The second-order valence-corrected chi connectivity index (χ2v) is 5.68. The first-order valence-electron chi connectivity index (χ1n) is 8.05. The van der Waals surface area contributed by atoms with Gasteiger partial charge in [0, 0.05) is 23.8 Å². The van der Waals surface area contributed by atoms with Crippen LogP contribution in [-0.2, 0) is 4.74 Å². The second kappa shape index (κ2) is 7.76. The Morgan fingerprint density at radius 3 is 2.95 bits per heavy atom. The average molecular weight is 294 g/mol. The molecule has 1 aromatic carbocycles. The van der Waals surface area contributed by atoms with Crippen LogP contribution in [0.25, 0.3) is 0 Å². The Balaban J connectivity index is 2.31. The van der Waals surface area contributed by atoms with E-state index in [9.17, 15) is 4.39 Å². The first kappa shape index (κ1) is 16.2. The van der Waals surface area contributed by atoms with Gasteiger partial charge in [-0.25, -0.2) is 4.39 Å². The Morgan fingerprint density at radius 2 is 2.24 bits per heavy atom. The average Bonchev–Trinajstić information content (AvgIpc) is 2.52. The van der Waals surface area contributed by atoms with E-state index in [1.807, 2.05) is 19.1 Å². The van der Waals surface area contributed by atoms with Crippen LogP contribution in [0.1, 0.15) is 45.2 Å². The van der Waals surface area contributed by atoms with Gasteiger partial charge in [-0.1, -0.05) is 19.9 Å². The van der Waals surface area contributed by atoms with Crippen molar-refractivity contribution < 1.29 is 9.13 Å². The summed E-state index contributed by atoms with van der Waals surface area (Å²) in [5, 5.41) is 3.40. The molecule has 118 valence electrons. The topological polar surface area (TPSA) is 24.5 Å². The van der Waals surface area contributed by atoms with Crippen LogP contribution in [0.3, 0.4) is 0 Å². The highest BCUT2D eigenvalue weighted by Crippen LogP contribution is 2.31. The lowest BCUT2D eigenvalue weighted by Gasteiger charge is -2.39. The first-order chi connectivity index (χ1) is 10.2. The zero-order chi connectivity index (χ0) is 15.2. The highest BCUT2D eigenvalue weighted by atomic mass is 19.1. The highest BCUT2D eigenvalue weighted by molar-refractivity contribution is 5.56. The number of halogens is 1. The van der Waals surface area contributed by atoms with E-state index in [1.165, 1.54) is 0 Å². The van der Waals surface area contributed by atoms with E-state index in [2.05, 4.69) is 24.1 Å². The maximum absolute atomic E-state index is 14.4. The maximum Gasteiger partial charge on any atom is 0.130 e. The van der Waals surface area contributed by atoms with Crippen molar-refractivity contribution in [3.05, 3.63) is 29.6 Å². The van der Waals surface area contributed by atoms with Gasteiger partial charge in [0.1, 0.15) is 5.82 Å². The van der Waals surface area contributed by atoms with Gasteiger partial charge >= 0.3 is 0 Å². The summed E-state index contributed by atoms with van der Waals surface area (Å²) in [5.74, 6) is -0.120. The smallest absolute Gasteiger partial charge is 0.130 e. The molecule has 0 aliphatic carbocycles. The molecule has 0 spiro atoms. The molecular weight excluding hydrogens is 267 g/mol. The fourth-order valence-electron chi connectivity index (χ4n) is 2.98. The number of hydrogen-bond acceptors (Lipinski definition) is 3. The molecule has 1 saturated heterocycles. The zero-order valence-electron chi connectivity index (χ0n) is 13.4. The molecule has 1 heterocycles. The third-order valence-electron chi connectivity index (χ3n) is 4.17. The first-order valence-corrected chi connectivity index (χ1v) is 8.05. The summed E-state index contributed by atoms with van der Waals surface area (Å²) in [5.41, 5.74) is 1.80. The Morgan fingerprint density at radius 1 is 1.43 bits per heavy atom. The van der Waals surface area contributed by atoms with Crippen LogP contribution in [0.5, 0.6) is 0 Å². The van der Waals surface area contributed by atoms with E-state index in [0.717, 1.165) is 43.8 Å². The number of rotatable bonds is 6. The van der Waals surface area contributed by atoms with Gasteiger partial charge in [0.2, 0.25) is 0 Å². The van der Waals surface area contributed by atoms with Crippen molar-refractivity contribution in [3.63, 3.8) is 0 Å². The SMILES string of the molecule is CCCNC(C)c1c(F)cccc1N1CCOCC1CC. The van der Waals surface area contributed by atoms with E-state index >= 15 is 0 Å². The number of nitrogens with zero attached hydrogens (tertiary/aromatic N) is 1. The third kappa shape index (κ3) is 3.74. The summed E-state index contributed by atoms with van der Waals surface area (Å²) < 4.78 is 20.0. The van der Waals surface area contributed by atoms with Crippen LogP contribution in [0, 0.1) is 5.82 Å². The van der Waals surface area contributed by atoms with E-state index in [4.69, 9.17) is 4.74 Å². The molecule has 1 N–H and O–H groups in total. The summed E-state index contributed by atoms with van der Waals surface area (Å²) in [6, 6.07) is 5.75. The molecule has 0 bridgehead atoms. The standard InChI is InChI=1S/C17H27FN2O/c1-4-9-19-13(3)17-15(18)7-6-8-16(17)20-10-11-21-12-14(20)5-2/h6-8,13-14,19H,4-5,9-12H2,1-3H3. The van der Waals surface area contributed by atoms with Crippen LogP contribution in [0.15, 0.2) is 18.2 Å². The lowest BCUT2D eigenvalue weighted by molar-refractivity contribution is 0.0928. The Hall–Kier alpha value is -1.13. The van der Waals surface area contributed by atoms with Crippen LogP contribution < -0.4 is 10.2 Å². The summed E-state index contributed by atoms with van der Waals surface area (Å²) in [6.07, 6.45) is 2.05. The van der Waals surface area contributed by atoms with Gasteiger partial charge in [-0.2, -0.15) is 0 Å². The molecule has 21 heavy (non-hydrogen) atoms. The van der Waals surface area contributed by atoms with Gasteiger partial charge in [0.05, 0.1) is 19.3 Å². The molecule has 2 unspecified atom stereocenters. The zero-order valence-corrected chi connectivity index (χ0v) is 13.4. The fraction of sp³-hybridized carbons (Fsp3) is 0.647. The number of morpholine rings is 1. The minimum absolute atomic E-state index is 0.0153. The van der Waals surface area contributed by atoms with Gasteiger partial charge in [-0.3, -0.25) is 0 Å². The highest BCUT2D eigenvalue weighted by Gasteiger charge is 2.26. The van der Waals surface area contributed by atoms with Gasteiger partial charge in [0.25, 0.3) is 0 Å². The van der Waals surface area contributed by atoms with Crippen LogP contribution in [0.4, 0.5) is 10.1 Å². The Bertz CT molecular complexity index is 452. The van der Waals surface area contributed by atoms with Gasteiger partial charge in [0.15, 0.2) is 0 Å². The van der Waals surface area contributed by atoms with Crippen LogP contribution in [0.2, 0.25) is 0 Å². The molecule has 1 aliphatic rings. The van der Waals surface area contributed by atoms with Gasteiger partial charge < -0.3 is 15.0 Å². The van der Waals surface area contributed by atoms with Crippen molar-refractivity contribution in [2.45, 2.75) is 45.7 Å². The third-order valence-corrected chi connectivity index (χ3v) is 4.17. The van der Waals surface area contributed by atoms with Crippen LogP contribution in [-0.4, -0.2) is 32.3 Å². The molecule has 1 aromatic rings. The minimum atomic E-state index is -0.120. The fourth-order valence-corrected chi connectivity index (χ4v) is 2.98. The predicted molar refractivity (Wildman–Crippen MR) is 85.4 cm³/mol. The number of anilines is 1. The van der Waals surface area contributed by atoms with E-state index in [-0.39, 0.29) is 11.9 Å². The summed E-state index contributed by atoms with van der Waals surface area (Å²) in [7, 11) is 0. The number of ether oxygens (including phenoxy) is 1. The molecule has 0 aromatic heterocycles. The Kier molecular flexibility index (Phi) is 6.00. The number of benzene rings is 1. The van der Waals surface area contributed by atoms with Gasteiger partial charge in [-0.15, -0.1) is 0 Å². The monoisotopic (exact) mass is 294 g/mol. The Labute approximate surface area is 127 Å². The largest absolute Gasteiger partial charge is 0.377 e.